The number of amides is 1. The highest BCUT2D eigenvalue weighted by molar-refractivity contribution is 8.01. The summed E-state index contributed by atoms with van der Waals surface area (Å²) in [5.41, 5.74) is 6.03. The van der Waals surface area contributed by atoms with Crippen LogP contribution in [0.2, 0.25) is 0 Å². The van der Waals surface area contributed by atoms with Crippen LogP contribution in [0, 0.1) is 5.82 Å². The predicted octanol–water partition coefficient (Wildman–Crippen LogP) is 1.71. The van der Waals surface area contributed by atoms with Gasteiger partial charge in [-0.1, -0.05) is 41.3 Å². The molecule has 0 aliphatic carbocycles. The summed E-state index contributed by atoms with van der Waals surface area (Å²) in [6.45, 7) is 0.401. The van der Waals surface area contributed by atoms with Gasteiger partial charge in [-0.3, -0.25) is 4.79 Å². The van der Waals surface area contributed by atoms with E-state index in [1.165, 1.54) is 29.2 Å². The first-order chi connectivity index (χ1) is 9.65. The van der Waals surface area contributed by atoms with E-state index < -0.39 is 0 Å². The van der Waals surface area contributed by atoms with Crippen molar-refractivity contribution >= 4 is 34.1 Å². The minimum Gasteiger partial charge on any atom is -0.374 e. The Hall–Kier alpha value is -1.67. The number of hydrogen-bond acceptors (Lipinski definition) is 6. The summed E-state index contributed by atoms with van der Waals surface area (Å²) >= 11 is 2.52. The number of benzene rings is 1. The fourth-order valence-electron chi connectivity index (χ4n) is 1.49. The van der Waals surface area contributed by atoms with E-state index in [0.717, 1.165) is 0 Å². The first kappa shape index (κ1) is 14.7. The monoisotopic (exact) mass is 312 g/mol. The molecule has 2 rings (SSSR count). The van der Waals surface area contributed by atoms with Gasteiger partial charge in [-0.2, -0.15) is 0 Å². The zero-order valence-corrected chi connectivity index (χ0v) is 12.1. The average Bonchev–Trinajstić information content (AvgIpc) is 2.84. The maximum absolute atomic E-state index is 13.3. The van der Waals surface area contributed by atoms with Crippen molar-refractivity contribution in [1.82, 2.24) is 15.5 Å². The van der Waals surface area contributed by atoms with E-state index in [4.69, 9.17) is 5.73 Å². The number of nitrogen functional groups attached to an aromatic ring is 1. The molecule has 0 fully saturated rings. The molecule has 0 aliphatic heterocycles. The first-order valence-corrected chi connectivity index (χ1v) is 7.67. The van der Waals surface area contributed by atoms with Crippen LogP contribution in [0.25, 0.3) is 0 Å². The molecule has 1 amide bonds. The number of nitrogens with two attached hydrogens (primary N) is 1. The van der Waals surface area contributed by atoms with Gasteiger partial charge in [0, 0.05) is 6.54 Å². The standard InChI is InChI=1S/C12H13FN4OS2/c13-9-4-2-1-3-8(9)5-6-15-10(18)7-19-12-17-16-11(14)20-12/h1-4H,5-7H2,(H2,14,16)(H,15,18). The smallest absolute Gasteiger partial charge is 0.230 e. The van der Waals surface area contributed by atoms with Crippen molar-refractivity contribution in [2.75, 3.05) is 18.0 Å². The lowest BCUT2D eigenvalue weighted by atomic mass is 10.1. The van der Waals surface area contributed by atoms with Crippen LogP contribution in [0.15, 0.2) is 28.6 Å². The highest BCUT2D eigenvalue weighted by Crippen LogP contribution is 2.22. The predicted molar refractivity (Wildman–Crippen MR) is 78.2 cm³/mol. The van der Waals surface area contributed by atoms with Gasteiger partial charge in [-0.05, 0) is 18.1 Å². The molecule has 3 N–H and O–H groups in total. The van der Waals surface area contributed by atoms with Crippen LogP contribution in [0.3, 0.4) is 0 Å². The van der Waals surface area contributed by atoms with E-state index in [9.17, 15) is 9.18 Å². The topological polar surface area (TPSA) is 80.9 Å². The second kappa shape index (κ2) is 7.20. The minimum absolute atomic E-state index is 0.125. The van der Waals surface area contributed by atoms with Gasteiger partial charge in [0.05, 0.1) is 5.75 Å². The molecule has 0 spiro atoms. The number of rotatable bonds is 6. The molecule has 106 valence electrons. The third-order valence-electron chi connectivity index (χ3n) is 2.42. The van der Waals surface area contributed by atoms with Gasteiger partial charge in [-0.15, -0.1) is 10.2 Å². The van der Waals surface area contributed by atoms with Gasteiger partial charge in [0.1, 0.15) is 5.82 Å². The number of nitrogens with one attached hydrogen (secondary N) is 1. The summed E-state index contributed by atoms with van der Waals surface area (Å²) in [5.74, 6) is -0.133. The van der Waals surface area contributed by atoms with Crippen molar-refractivity contribution in [3.05, 3.63) is 35.6 Å². The SMILES string of the molecule is Nc1nnc(SCC(=O)NCCc2ccccc2F)s1. The van der Waals surface area contributed by atoms with Gasteiger partial charge in [0.25, 0.3) is 0 Å². The summed E-state index contributed by atoms with van der Waals surface area (Å²) in [7, 11) is 0. The molecule has 0 saturated carbocycles. The maximum atomic E-state index is 13.3. The molecule has 0 unspecified atom stereocenters. The maximum Gasteiger partial charge on any atom is 0.230 e. The van der Waals surface area contributed by atoms with Crippen molar-refractivity contribution in [3.63, 3.8) is 0 Å². The third-order valence-corrected chi connectivity index (χ3v) is 4.31. The minimum atomic E-state index is -0.250. The number of hydrogen-bond donors (Lipinski definition) is 2. The third kappa shape index (κ3) is 4.46. The highest BCUT2D eigenvalue weighted by Gasteiger charge is 2.07. The number of thioether (sulfide) groups is 1. The molecule has 2 aromatic rings. The van der Waals surface area contributed by atoms with Crippen LogP contribution < -0.4 is 11.1 Å². The van der Waals surface area contributed by atoms with Crippen LogP contribution in [0.1, 0.15) is 5.56 Å². The van der Waals surface area contributed by atoms with Crippen LogP contribution in [-0.2, 0) is 11.2 Å². The lowest BCUT2D eigenvalue weighted by molar-refractivity contribution is -0.118. The van der Waals surface area contributed by atoms with Gasteiger partial charge in [0.2, 0.25) is 11.0 Å². The zero-order valence-electron chi connectivity index (χ0n) is 10.5. The molecule has 0 radical (unpaired) electrons. The Morgan fingerprint density at radius 2 is 2.20 bits per heavy atom. The summed E-state index contributed by atoms with van der Waals surface area (Å²) in [6.07, 6.45) is 0.467. The van der Waals surface area contributed by atoms with E-state index in [1.54, 1.807) is 18.2 Å². The number of carbonyl (C=O) groups is 1. The average molecular weight is 312 g/mol. The fraction of sp³-hybridized carbons (Fsp3) is 0.250. The van der Waals surface area contributed by atoms with Crippen molar-refractivity contribution in [2.45, 2.75) is 10.8 Å². The molecule has 20 heavy (non-hydrogen) atoms. The van der Waals surface area contributed by atoms with E-state index in [0.29, 0.717) is 28.0 Å². The molecule has 0 atom stereocenters. The Labute approximate surface area is 123 Å². The van der Waals surface area contributed by atoms with E-state index in [1.807, 2.05) is 0 Å². The molecule has 8 heteroatoms. The van der Waals surface area contributed by atoms with Crippen LogP contribution in [-0.4, -0.2) is 28.4 Å². The summed E-state index contributed by atoms with van der Waals surface area (Å²) in [4.78, 5) is 11.6. The molecule has 1 aromatic heterocycles. The molecule has 0 saturated heterocycles. The largest absolute Gasteiger partial charge is 0.374 e. The van der Waals surface area contributed by atoms with Gasteiger partial charge >= 0.3 is 0 Å². The Morgan fingerprint density at radius 1 is 1.40 bits per heavy atom. The lowest BCUT2D eigenvalue weighted by Gasteiger charge is -2.05. The summed E-state index contributed by atoms with van der Waals surface area (Å²) in [6, 6.07) is 6.53. The summed E-state index contributed by atoms with van der Waals surface area (Å²) < 4.78 is 14.0. The van der Waals surface area contributed by atoms with Crippen molar-refractivity contribution in [2.24, 2.45) is 0 Å². The quantitative estimate of drug-likeness (QED) is 0.794. The second-order valence-corrected chi connectivity index (χ2v) is 6.12. The zero-order chi connectivity index (χ0) is 14.4. The van der Waals surface area contributed by atoms with Gasteiger partial charge < -0.3 is 11.1 Å². The van der Waals surface area contributed by atoms with Crippen molar-refractivity contribution in [3.8, 4) is 0 Å². The van der Waals surface area contributed by atoms with Crippen LogP contribution in [0.5, 0.6) is 0 Å². The first-order valence-electron chi connectivity index (χ1n) is 5.87. The van der Waals surface area contributed by atoms with Crippen molar-refractivity contribution in [1.29, 1.82) is 0 Å². The van der Waals surface area contributed by atoms with Crippen molar-refractivity contribution < 1.29 is 9.18 Å². The van der Waals surface area contributed by atoms with Gasteiger partial charge in [0.15, 0.2) is 4.34 Å². The fourth-order valence-corrected chi connectivity index (χ4v) is 2.96. The molecular formula is C12H13FN4OS2. The number of nitrogens with zero attached hydrogens (tertiary/aromatic N) is 2. The molecule has 1 aromatic carbocycles. The summed E-state index contributed by atoms with van der Waals surface area (Å²) in [5, 5.41) is 10.6. The Kier molecular flexibility index (Phi) is 5.31. The number of aromatic nitrogens is 2. The Morgan fingerprint density at radius 3 is 2.90 bits per heavy atom. The number of carbonyl (C=O) groups excluding carboxylic acids is 1. The highest BCUT2D eigenvalue weighted by atomic mass is 32.2. The molecule has 0 aliphatic rings. The lowest BCUT2D eigenvalue weighted by Crippen LogP contribution is -2.27. The molecule has 5 nitrogen and oxygen atoms in total. The Bertz CT molecular complexity index is 590. The second-order valence-electron chi connectivity index (χ2n) is 3.89. The van der Waals surface area contributed by atoms with E-state index in [2.05, 4.69) is 15.5 Å². The van der Waals surface area contributed by atoms with E-state index >= 15 is 0 Å². The van der Waals surface area contributed by atoms with Gasteiger partial charge in [-0.25, -0.2) is 4.39 Å². The molecule has 1 heterocycles. The number of halogens is 1. The normalized spacial score (nSPS) is 10.4. The Balaban J connectivity index is 1.69. The van der Waals surface area contributed by atoms with Crippen LogP contribution >= 0.6 is 23.1 Å². The van der Waals surface area contributed by atoms with Crippen LogP contribution in [0.4, 0.5) is 9.52 Å². The molecular weight excluding hydrogens is 299 g/mol. The molecule has 0 bridgehead atoms. The van der Waals surface area contributed by atoms with E-state index in [-0.39, 0.29) is 17.5 Å². The number of anilines is 1.